The van der Waals surface area contributed by atoms with Crippen molar-refractivity contribution in [2.75, 3.05) is 19.8 Å². The molecule has 1 aromatic carbocycles. The fraction of sp³-hybridized carbons (Fsp3) is 0.478. The van der Waals surface area contributed by atoms with Gasteiger partial charge < -0.3 is 19.9 Å². The van der Waals surface area contributed by atoms with E-state index in [2.05, 4.69) is 20.8 Å². The molecule has 1 aromatic heterocycles. The highest BCUT2D eigenvalue weighted by Gasteiger charge is 2.71. The molecule has 1 unspecified atom stereocenters. The number of amidine groups is 1. The van der Waals surface area contributed by atoms with Gasteiger partial charge in [-0.25, -0.2) is 4.99 Å². The zero-order valence-electron chi connectivity index (χ0n) is 17.5. The first-order chi connectivity index (χ1) is 14.3. The van der Waals surface area contributed by atoms with Crippen LogP contribution in [0.2, 0.25) is 0 Å². The van der Waals surface area contributed by atoms with Gasteiger partial charge in [-0.15, -0.1) is 11.3 Å². The van der Waals surface area contributed by atoms with Crippen LogP contribution >= 0.6 is 11.3 Å². The van der Waals surface area contributed by atoms with E-state index in [4.69, 9.17) is 24.9 Å². The summed E-state index contributed by atoms with van der Waals surface area (Å²) in [5.41, 5.74) is 6.30. The van der Waals surface area contributed by atoms with E-state index in [9.17, 15) is 4.79 Å². The summed E-state index contributed by atoms with van der Waals surface area (Å²) in [6.45, 7) is 7.65. The highest BCUT2D eigenvalue weighted by Crippen LogP contribution is 2.62. The molecule has 0 bridgehead atoms. The fourth-order valence-electron chi connectivity index (χ4n) is 4.92. The molecule has 1 saturated heterocycles. The van der Waals surface area contributed by atoms with E-state index in [1.54, 1.807) is 11.3 Å². The Bertz CT molecular complexity index is 1050. The first-order valence-electron chi connectivity index (χ1n) is 10.3. The Hall–Kier alpha value is -2.38. The Labute approximate surface area is 180 Å². The van der Waals surface area contributed by atoms with Crippen molar-refractivity contribution in [3.05, 3.63) is 51.2 Å². The fourth-order valence-corrected chi connectivity index (χ4v) is 5.81. The van der Waals surface area contributed by atoms with Crippen LogP contribution in [0, 0.1) is 5.41 Å². The molecule has 0 saturated carbocycles. The van der Waals surface area contributed by atoms with Crippen LogP contribution in [0.4, 0.5) is 0 Å². The topological polar surface area (TPSA) is 83.1 Å². The summed E-state index contributed by atoms with van der Waals surface area (Å²) < 4.78 is 17.8. The maximum absolute atomic E-state index is 12.9. The number of thiophene rings is 1. The second-order valence-corrected chi connectivity index (χ2v) is 10.0. The van der Waals surface area contributed by atoms with Crippen molar-refractivity contribution in [2.24, 2.45) is 16.1 Å². The molecule has 0 radical (unpaired) electrons. The van der Waals surface area contributed by atoms with Gasteiger partial charge in [0.15, 0.2) is 5.78 Å². The summed E-state index contributed by atoms with van der Waals surface area (Å²) in [5.74, 6) is 0.887. The van der Waals surface area contributed by atoms with Gasteiger partial charge in [-0.05, 0) is 50.1 Å². The van der Waals surface area contributed by atoms with Crippen LogP contribution in [0.15, 0.2) is 35.3 Å². The third-order valence-corrected chi connectivity index (χ3v) is 8.15. The van der Waals surface area contributed by atoms with Crippen LogP contribution in [0.25, 0.3) is 0 Å². The minimum Gasteiger partial charge on any atom is -0.487 e. The quantitative estimate of drug-likeness (QED) is 0.757. The van der Waals surface area contributed by atoms with Gasteiger partial charge in [0.2, 0.25) is 0 Å². The maximum Gasteiger partial charge on any atom is 0.283 e. The summed E-state index contributed by atoms with van der Waals surface area (Å²) in [5, 5.41) is 0. The van der Waals surface area contributed by atoms with Gasteiger partial charge >= 0.3 is 0 Å². The highest BCUT2D eigenvalue weighted by molar-refractivity contribution is 7.14. The van der Waals surface area contributed by atoms with Gasteiger partial charge in [0, 0.05) is 16.9 Å². The second kappa shape index (κ2) is 6.56. The lowest BCUT2D eigenvalue weighted by atomic mass is 9.55. The molecule has 3 aliphatic rings. The Balaban J connectivity index is 1.55. The summed E-state index contributed by atoms with van der Waals surface area (Å²) >= 11 is 1.57. The minimum atomic E-state index is -0.677. The van der Waals surface area contributed by atoms with Gasteiger partial charge in [0.05, 0.1) is 23.5 Å². The lowest BCUT2D eigenvalue weighted by molar-refractivity contribution is -0.247. The molecule has 3 aliphatic heterocycles. The SMILES string of the molecule is CCc1ccc(C(=O)Cc2ccc3c(c2)C2(COC(N)=N2)C2(COC2)C(C)(C)O3)s1. The number of benzene rings is 1. The summed E-state index contributed by atoms with van der Waals surface area (Å²) in [6, 6.07) is 10.1. The van der Waals surface area contributed by atoms with Crippen LogP contribution in [-0.4, -0.2) is 37.2 Å². The predicted octanol–water partition coefficient (Wildman–Crippen LogP) is 3.46. The lowest BCUT2D eigenvalue weighted by Crippen LogP contribution is -2.71. The number of ether oxygens (including phenoxy) is 3. The molecule has 1 fully saturated rings. The van der Waals surface area contributed by atoms with Crippen molar-refractivity contribution in [3.63, 3.8) is 0 Å². The van der Waals surface area contributed by atoms with E-state index < -0.39 is 11.1 Å². The number of nitrogens with two attached hydrogens (primary N) is 1. The largest absolute Gasteiger partial charge is 0.487 e. The van der Waals surface area contributed by atoms with E-state index in [1.807, 2.05) is 30.3 Å². The number of carbonyl (C=O) groups is 1. The van der Waals surface area contributed by atoms with E-state index >= 15 is 0 Å². The number of nitrogens with zero attached hydrogens (tertiary/aromatic N) is 1. The molecule has 30 heavy (non-hydrogen) atoms. The average molecular weight is 427 g/mol. The second-order valence-electron chi connectivity index (χ2n) is 8.84. The van der Waals surface area contributed by atoms with Crippen molar-refractivity contribution in [1.82, 2.24) is 0 Å². The van der Waals surface area contributed by atoms with Crippen molar-refractivity contribution >= 4 is 23.1 Å². The molecule has 158 valence electrons. The van der Waals surface area contributed by atoms with E-state index in [-0.39, 0.29) is 17.2 Å². The first-order valence-corrected chi connectivity index (χ1v) is 11.1. The molecule has 2 spiro atoms. The van der Waals surface area contributed by atoms with Gasteiger partial charge in [-0.3, -0.25) is 4.79 Å². The van der Waals surface area contributed by atoms with Crippen LogP contribution in [-0.2, 0) is 27.9 Å². The average Bonchev–Trinajstić information content (AvgIpc) is 3.28. The number of carbonyl (C=O) groups excluding carboxylic acids is 1. The molecule has 6 nitrogen and oxygen atoms in total. The number of aryl methyl sites for hydroxylation is 1. The Morgan fingerprint density at radius 3 is 2.60 bits per heavy atom. The molecule has 0 amide bonds. The van der Waals surface area contributed by atoms with Crippen LogP contribution in [0.1, 0.15) is 46.4 Å². The Kier molecular flexibility index (Phi) is 4.28. The zero-order valence-corrected chi connectivity index (χ0v) is 18.3. The number of rotatable bonds is 4. The molecular formula is C23H26N2O4S. The monoisotopic (exact) mass is 426 g/mol. The number of fused-ring (bicyclic) bond motifs is 3. The van der Waals surface area contributed by atoms with E-state index in [0.29, 0.717) is 26.2 Å². The highest BCUT2D eigenvalue weighted by atomic mass is 32.1. The van der Waals surface area contributed by atoms with Crippen molar-refractivity contribution < 1.29 is 19.0 Å². The third-order valence-electron chi connectivity index (χ3n) is 6.88. The number of hydrogen-bond donors (Lipinski definition) is 1. The van der Waals surface area contributed by atoms with Crippen LogP contribution in [0.3, 0.4) is 0 Å². The lowest BCUT2D eigenvalue weighted by Gasteiger charge is -2.61. The molecule has 0 aliphatic carbocycles. The molecule has 4 heterocycles. The molecule has 2 N–H and O–H groups in total. The van der Waals surface area contributed by atoms with Crippen molar-refractivity contribution in [3.8, 4) is 5.75 Å². The van der Waals surface area contributed by atoms with Gasteiger partial charge in [-0.2, -0.15) is 0 Å². The van der Waals surface area contributed by atoms with Crippen molar-refractivity contribution in [2.45, 2.75) is 44.8 Å². The predicted molar refractivity (Wildman–Crippen MR) is 115 cm³/mol. The summed E-state index contributed by atoms with van der Waals surface area (Å²) in [4.78, 5) is 19.7. The maximum atomic E-state index is 12.9. The molecule has 2 aromatic rings. The zero-order chi connectivity index (χ0) is 21.1. The third kappa shape index (κ3) is 2.58. The van der Waals surface area contributed by atoms with Crippen molar-refractivity contribution in [1.29, 1.82) is 0 Å². The van der Waals surface area contributed by atoms with E-state index in [1.165, 1.54) is 4.88 Å². The Morgan fingerprint density at radius 1 is 1.20 bits per heavy atom. The minimum absolute atomic E-state index is 0.123. The molecule has 1 atom stereocenters. The number of Topliss-reactive ketones (excluding diaryl/α,β-unsaturated/α-hetero) is 1. The van der Waals surface area contributed by atoms with Crippen LogP contribution < -0.4 is 10.5 Å². The van der Waals surface area contributed by atoms with Gasteiger partial charge in [-0.1, -0.05) is 13.0 Å². The van der Waals surface area contributed by atoms with Gasteiger partial charge in [0.1, 0.15) is 23.5 Å². The molecule has 7 heteroatoms. The number of aliphatic imine (C=N–C) groups is 1. The molecular weight excluding hydrogens is 400 g/mol. The normalized spacial score (nSPS) is 25.2. The number of hydrogen-bond acceptors (Lipinski definition) is 7. The number of ketones is 1. The van der Waals surface area contributed by atoms with Gasteiger partial charge in [0.25, 0.3) is 6.02 Å². The Morgan fingerprint density at radius 2 is 2.00 bits per heavy atom. The van der Waals surface area contributed by atoms with Crippen LogP contribution in [0.5, 0.6) is 5.75 Å². The standard InChI is InChI=1S/C23H26N2O4S/c1-4-15-6-8-19(30-15)17(26)10-14-5-7-18-16(9-14)23(13-28-20(24)25-23)22(11-27-12-22)21(2,3)29-18/h5-9H,4,10-13H2,1-3H3,(H2,24,25). The molecule has 5 rings (SSSR count). The summed E-state index contributed by atoms with van der Waals surface area (Å²) in [7, 11) is 0. The van der Waals surface area contributed by atoms with E-state index in [0.717, 1.165) is 28.2 Å². The smallest absolute Gasteiger partial charge is 0.283 e. The summed E-state index contributed by atoms with van der Waals surface area (Å²) in [6.07, 6.45) is 1.27. The first kappa shape index (κ1) is 19.6.